The van der Waals surface area contributed by atoms with E-state index in [1.54, 1.807) is 4.90 Å². The molecule has 2 aliphatic heterocycles. The molecule has 2 aliphatic rings. The summed E-state index contributed by atoms with van der Waals surface area (Å²) in [5.41, 5.74) is 0.115. The molecule has 0 aromatic heterocycles. The van der Waals surface area contributed by atoms with Crippen LogP contribution in [0.1, 0.15) is 52.0 Å². The minimum Gasteiger partial charge on any atom is -0.445 e. The van der Waals surface area contributed by atoms with Gasteiger partial charge in [-0.15, -0.1) is 0 Å². The van der Waals surface area contributed by atoms with Gasteiger partial charge in [0.05, 0.1) is 5.54 Å². The van der Waals surface area contributed by atoms with Gasteiger partial charge in [0.1, 0.15) is 12.2 Å². The molecule has 0 N–H and O–H groups in total. The molecule has 1 atom stereocenters. The fourth-order valence-electron chi connectivity index (χ4n) is 4.04. The first-order valence-electron chi connectivity index (χ1n) is 9.75. The standard InChI is InChI=1S/C21H30N2O4/c1-20(2,3)27-19(25)23-14-8-12-21(23)11-7-13-22(16-21)18(24)26-15-17-9-5-4-6-10-17/h4-6,9-10H,7-8,11-16H2,1-3H3. The van der Waals surface area contributed by atoms with Crippen molar-refractivity contribution in [3.05, 3.63) is 35.9 Å². The smallest absolute Gasteiger partial charge is 0.410 e. The number of piperidine rings is 1. The Balaban J connectivity index is 1.63. The lowest BCUT2D eigenvalue weighted by atomic mass is 9.86. The van der Waals surface area contributed by atoms with Crippen LogP contribution in [0, 0.1) is 0 Å². The summed E-state index contributed by atoms with van der Waals surface area (Å²) < 4.78 is 11.1. The Morgan fingerprint density at radius 3 is 2.37 bits per heavy atom. The van der Waals surface area contributed by atoms with Crippen LogP contribution in [-0.4, -0.2) is 52.8 Å². The summed E-state index contributed by atoms with van der Waals surface area (Å²) in [5, 5.41) is 0. The molecule has 27 heavy (non-hydrogen) atoms. The lowest BCUT2D eigenvalue weighted by molar-refractivity contribution is -0.0116. The first-order valence-corrected chi connectivity index (χ1v) is 9.75. The molecule has 0 radical (unpaired) electrons. The van der Waals surface area contributed by atoms with Crippen molar-refractivity contribution >= 4 is 12.2 Å². The van der Waals surface area contributed by atoms with Crippen LogP contribution in [0.25, 0.3) is 0 Å². The van der Waals surface area contributed by atoms with Crippen LogP contribution in [-0.2, 0) is 16.1 Å². The molecule has 2 heterocycles. The predicted octanol–water partition coefficient (Wildman–Crippen LogP) is 4.19. The number of rotatable bonds is 2. The Kier molecular flexibility index (Phi) is 5.63. The maximum atomic E-state index is 12.7. The summed E-state index contributed by atoms with van der Waals surface area (Å²) in [7, 11) is 0. The highest BCUT2D eigenvalue weighted by molar-refractivity contribution is 5.71. The van der Waals surface area contributed by atoms with Crippen LogP contribution in [0.2, 0.25) is 0 Å². The van der Waals surface area contributed by atoms with Crippen molar-refractivity contribution in [2.75, 3.05) is 19.6 Å². The van der Waals surface area contributed by atoms with Crippen LogP contribution >= 0.6 is 0 Å². The van der Waals surface area contributed by atoms with Gasteiger partial charge in [-0.3, -0.25) is 0 Å². The van der Waals surface area contributed by atoms with Gasteiger partial charge in [-0.25, -0.2) is 9.59 Å². The second-order valence-corrected chi connectivity index (χ2v) is 8.53. The van der Waals surface area contributed by atoms with Crippen molar-refractivity contribution in [1.29, 1.82) is 0 Å². The monoisotopic (exact) mass is 374 g/mol. The third-order valence-electron chi connectivity index (χ3n) is 5.23. The Hall–Kier alpha value is -2.24. The van der Waals surface area contributed by atoms with Gasteiger partial charge in [-0.05, 0) is 52.0 Å². The van der Waals surface area contributed by atoms with E-state index < -0.39 is 5.60 Å². The summed E-state index contributed by atoms with van der Waals surface area (Å²) in [5.74, 6) is 0. The molecule has 1 spiro atoms. The highest BCUT2D eigenvalue weighted by atomic mass is 16.6. The fourth-order valence-corrected chi connectivity index (χ4v) is 4.04. The van der Waals surface area contributed by atoms with Gasteiger partial charge in [0.2, 0.25) is 0 Å². The molecule has 2 fully saturated rings. The summed E-state index contributed by atoms with van der Waals surface area (Å²) in [6, 6.07) is 9.66. The SMILES string of the molecule is CC(C)(C)OC(=O)N1CCCC12CCCN(C(=O)OCc1ccccc1)C2. The van der Waals surface area contributed by atoms with Crippen molar-refractivity contribution in [2.45, 2.75) is 64.2 Å². The zero-order valence-electron chi connectivity index (χ0n) is 16.6. The maximum absolute atomic E-state index is 12.7. The largest absolute Gasteiger partial charge is 0.445 e. The molecule has 148 valence electrons. The topological polar surface area (TPSA) is 59.1 Å². The minimum absolute atomic E-state index is 0.263. The minimum atomic E-state index is -0.524. The Labute approximate surface area is 161 Å². The quantitative estimate of drug-likeness (QED) is 0.779. The van der Waals surface area contributed by atoms with E-state index in [9.17, 15) is 9.59 Å². The van der Waals surface area contributed by atoms with E-state index >= 15 is 0 Å². The first kappa shape index (κ1) is 19.5. The van der Waals surface area contributed by atoms with Gasteiger partial charge in [-0.2, -0.15) is 0 Å². The average Bonchev–Trinajstić information content (AvgIpc) is 3.02. The van der Waals surface area contributed by atoms with E-state index in [1.807, 2.05) is 56.0 Å². The van der Waals surface area contributed by atoms with E-state index in [0.717, 1.165) is 31.2 Å². The molecule has 2 amide bonds. The summed E-state index contributed by atoms with van der Waals surface area (Å²) >= 11 is 0. The maximum Gasteiger partial charge on any atom is 0.410 e. The number of hydrogen-bond acceptors (Lipinski definition) is 4. The first-order chi connectivity index (χ1) is 12.8. The zero-order valence-corrected chi connectivity index (χ0v) is 16.6. The van der Waals surface area contributed by atoms with Gasteiger partial charge in [0, 0.05) is 19.6 Å². The Morgan fingerprint density at radius 1 is 1.04 bits per heavy atom. The lowest BCUT2D eigenvalue weighted by Crippen LogP contribution is -2.59. The number of carbonyl (C=O) groups excluding carboxylic acids is 2. The third-order valence-corrected chi connectivity index (χ3v) is 5.23. The second kappa shape index (κ2) is 7.79. The molecule has 1 aromatic rings. The summed E-state index contributed by atoms with van der Waals surface area (Å²) in [6.07, 6.45) is 3.00. The Bertz CT molecular complexity index is 671. The van der Waals surface area contributed by atoms with E-state index in [4.69, 9.17) is 9.47 Å². The molecular formula is C21H30N2O4. The molecule has 0 aliphatic carbocycles. The molecule has 6 heteroatoms. The normalized spacial score (nSPS) is 22.8. The lowest BCUT2D eigenvalue weighted by Gasteiger charge is -2.45. The van der Waals surface area contributed by atoms with Crippen LogP contribution in [0.5, 0.6) is 0 Å². The van der Waals surface area contributed by atoms with Crippen molar-refractivity contribution in [3.63, 3.8) is 0 Å². The van der Waals surface area contributed by atoms with Gasteiger partial charge < -0.3 is 19.3 Å². The zero-order chi connectivity index (χ0) is 19.5. The number of likely N-dealkylation sites (tertiary alicyclic amines) is 2. The number of nitrogens with zero attached hydrogens (tertiary/aromatic N) is 2. The highest BCUT2D eigenvalue weighted by Gasteiger charge is 2.48. The molecule has 6 nitrogen and oxygen atoms in total. The van der Waals surface area contributed by atoms with Crippen LogP contribution in [0.3, 0.4) is 0 Å². The molecule has 1 aromatic carbocycles. The van der Waals surface area contributed by atoms with Crippen molar-refractivity contribution in [1.82, 2.24) is 9.80 Å². The number of hydrogen-bond donors (Lipinski definition) is 0. The molecule has 1 unspecified atom stereocenters. The van der Waals surface area contributed by atoms with E-state index in [0.29, 0.717) is 19.6 Å². The number of amides is 2. The number of benzene rings is 1. The van der Waals surface area contributed by atoms with Gasteiger partial charge in [-0.1, -0.05) is 30.3 Å². The van der Waals surface area contributed by atoms with E-state index in [2.05, 4.69) is 0 Å². The van der Waals surface area contributed by atoms with Crippen molar-refractivity contribution in [2.24, 2.45) is 0 Å². The van der Waals surface area contributed by atoms with Crippen LogP contribution in [0.15, 0.2) is 30.3 Å². The molecule has 0 bridgehead atoms. The van der Waals surface area contributed by atoms with Crippen LogP contribution in [0.4, 0.5) is 9.59 Å². The fraction of sp³-hybridized carbons (Fsp3) is 0.619. The second-order valence-electron chi connectivity index (χ2n) is 8.53. The predicted molar refractivity (Wildman–Crippen MR) is 102 cm³/mol. The van der Waals surface area contributed by atoms with E-state index in [1.165, 1.54) is 0 Å². The summed E-state index contributed by atoms with van der Waals surface area (Å²) in [6.45, 7) is 7.75. The third kappa shape index (κ3) is 4.73. The van der Waals surface area contributed by atoms with Crippen LogP contribution < -0.4 is 0 Å². The van der Waals surface area contributed by atoms with Gasteiger partial charge in [0.15, 0.2) is 0 Å². The van der Waals surface area contributed by atoms with Gasteiger partial charge >= 0.3 is 12.2 Å². The molecule has 3 rings (SSSR count). The average molecular weight is 374 g/mol. The number of carbonyl (C=O) groups is 2. The van der Waals surface area contributed by atoms with Crippen molar-refractivity contribution in [3.8, 4) is 0 Å². The van der Waals surface area contributed by atoms with E-state index in [-0.39, 0.29) is 24.3 Å². The molecular weight excluding hydrogens is 344 g/mol. The number of ether oxygens (including phenoxy) is 2. The highest BCUT2D eigenvalue weighted by Crippen LogP contribution is 2.38. The van der Waals surface area contributed by atoms with Gasteiger partial charge in [0.25, 0.3) is 0 Å². The van der Waals surface area contributed by atoms with Crippen molar-refractivity contribution < 1.29 is 19.1 Å². The Morgan fingerprint density at radius 2 is 1.70 bits per heavy atom. The molecule has 0 saturated carbocycles. The summed E-state index contributed by atoms with van der Waals surface area (Å²) in [4.78, 5) is 28.9. The molecule has 2 saturated heterocycles.